The Kier molecular flexibility index (Phi) is 8.77. The summed E-state index contributed by atoms with van der Waals surface area (Å²) in [4.78, 5) is 46.7. The average Bonchev–Trinajstić information content (AvgIpc) is 3.40. The van der Waals surface area contributed by atoms with Crippen LogP contribution in [0.25, 0.3) is 5.57 Å². The molecule has 1 aliphatic carbocycles. The second kappa shape index (κ2) is 12.5. The number of methoxy groups -OCH3 is 1. The number of aryl methyl sites for hydroxylation is 1. The zero-order chi connectivity index (χ0) is 29.9. The lowest BCUT2D eigenvalue weighted by molar-refractivity contribution is -0.119. The van der Waals surface area contributed by atoms with Gasteiger partial charge in [0.15, 0.2) is 0 Å². The van der Waals surface area contributed by atoms with Crippen molar-refractivity contribution >= 4 is 40.6 Å². The summed E-state index contributed by atoms with van der Waals surface area (Å²) in [6, 6.07) is 11.0. The second-order valence-corrected chi connectivity index (χ2v) is 11.0. The molecule has 1 saturated heterocycles. The normalized spacial score (nSPS) is 21.5. The first kappa shape index (κ1) is 29.5. The number of halogens is 2. The molecule has 10 nitrogen and oxygen atoms in total. The van der Waals surface area contributed by atoms with Crippen LogP contribution in [0.4, 0.5) is 0 Å². The fourth-order valence-corrected chi connectivity index (χ4v) is 5.84. The molecular weight excluding hydrogens is 579 g/mol. The lowest BCUT2D eigenvalue weighted by atomic mass is 9.80. The lowest BCUT2D eigenvalue weighted by Crippen LogP contribution is -2.53. The Morgan fingerprint density at radius 1 is 1.24 bits per heavy atom. The second-order valence-electron chi connectivity index (χ2n) is 10.2. The van der Waals surface area contributed by atoms with E-state index in [1.54, 1.807) is 24.3 Å². The van der Waals surface area contributed by atoms with Crippen molar-refractivity contribution in [2.24, 2.45) is 7.05 Å². The third-order valence-corrected chi connectivity index (χ3v) is 8.31. The predicted molar refractivity (Wildman–Crippen MR) is 160 cm³/mol. The van der Waals surface area contributed by atoms with E-state index < -0.39 is 22.4 Å². The van der Waals surface area contributed by atoms with Crippen molar-refractivity contribution in [2.45, 2.75) is 36.3 Å². The summed E-state index contributed by atoms with van der Waals surface area (Å²) < 4.78 is 6.88. The Bertz CT molecular complexity index is 1640. The van der Waals surface area contributed by atoms with Crippen molar-refractivity contribution in [3.8, 4) is 5.88 Å². The van der Waals surface area contributed by atoms with Gasteiger partial charge in [-0.1, -0.05) is 54.1 Å². The van der Waals surface area contributed by atoms with Gasteiger partial charge in [-0.3, -0.25) is 14.4 Å². The number of pyridine rings is 1. The molecule has 12 heteroatoms. The highest BCUT2D eigenvalue weighted by molar-refractivity contribution is 6.34. The quantitative estimate of drug-likeness (QED) is 0.319. The molecule has 3 atom stereocenters. The maximum Gasteiger partial charge on any atom is 0.265 e. The molecule has 218 valence electrons. The number of nitrogens with zero attached hydrogens (tertiary/aromatic N) is 3. The molecule has 2 aliphatic rings. The van der Waals surface area contributed by atoms with Crippen LogP contribution >= 0.6 is 23.2 Å². The van der Waals surface area contributed by atoms with E-state index >= 15 is 0 Å². The summed E-state index contributed by atoms with van der Waals surface area (Å²) in [6.45, 7) is 1.05. The van der Waals surface area contributed by atoms with Crippen LogP contribution in [-0.4, -0.2) is 51.4 Å². The summed E-state index contributed by atoms with van der Waals surface area (Å²) in [5.74, 6) is -0.264. The van der Waals surface area contributed by atoms with E-state index in [1.165, 1.54) is 31.2 Å². The van der Waals surface area contributed by atoms with Crippen LogP contribution in [0.15, 0.2) is 71.9 Å². The molecule has 0 bridgehead atoms. The molecule has 42 heavy (non-hydrogen) atoms. The Morgan fingerprint density at radius 2 is 2.05 bits per heavy atom. The first-order valence-electron chi connectivity index (χ1n) is 13.4. The van der Waals surface area contributed by atoms with Crippen molar-refractivity contribution in [1.82, 2.24) is 30.5 Å². The largest absolute Gasteiger partial charge is 0.481 e. The van der Waals surface area contributed by atoms with Gasteiger partial charge in [0.2, 0.25) is 11.8 Å². The number of aromatic nitrogens is 3. The van der Waals surface area contributed by atoms with Crippen molar-refractivity contribution in [3.05, 3.63) is 105 Å². The zero-order valence-corrected chi connectivity index (χ0v) is 24.6. The van der Waals surface area contributed by atoms with E-state index in [4.69, 9.17) is 32.9 Å². The van der Waals surface area contributed by atoms with Crippen molar-refractivity contribution in [1.29, 1.82) is 0 Å². The molecule has 3 heterocycles. The van der Waals surface area contributed by atoms with Crippen LogP contribution in [0.2, 0.25) is 5.02 Å². The third kappa shape index (κ3) is 5.83. The van der Waals surface area contributed by atoms with Gasteiger partial charge in [0, 0.05) is 49.4 Å². The van der Waals surface area contributed by atoms with Crippen LogP contribution in [0.3, 0.4) is 0 Å². The zero-order valence-electron chi connectivity index (χ0n) is 23.1. The average molecular weight is 610 g/mol. The Hall–Kier alpha value is -3.99. The van der Waals surface area contributed by atoms with Gasteiger partial charge in [0.1, 0.15) is 11.1 Å². The maximum absolute atomic E-state index is 13.6. The molecule has 2 amide bonds. The molecular formula is C30H30Cl2N6O4. The highest BCUT2D eigenvalue weighted by atomic mass is 35.5. The summed E-state index contributed by atoms with van der Waals surface area (Å²) >= 11 is 13.8. The number of rotatable bonds is 9. The molecule has 0 spiro atoms. The SMILES string of the molecule is COc1nc(C2(NC(=O)c3cncn(C)c3=O)C=CC=C(c3ccccc3Cl)[C@@H]2Cl)ccc1CNCC1CCC(=O)N1. The minimum Gasteiger partial charge on any atom is -0.481 e. The number of alkyl halides is 1. The van der Waals surface area contributed by atoms with Crippen molar-refractivity contribution in [2.75, 3.05) is 13.7 Å². The highest BCUT2D eigenvalue weighted by Gasteiger charge is 2.45. The number of benzene rings is 1. The van der Waals surface area contributed by atoms with E-state index in [1.807, 2.05) is 30.3 Å². The molecule has 1 fully saturated rings. The van der Waals surface area contributed by atoms with Crippen LogP contribution < -0.4 is 26.2 Å². The molecule has 2 unspecified atom stereocenters. The van der Waals surface area contributed by atoms with E-state index in [0.29, 0.717) is 47.2 Å². The molecule has 3 N–H and O–H groups in total. The van der Waals surface area contributed by atoms with Gasteiger partial charge >= 0.3 is 0 Å². The van der Waals surface area contributed by atoms with Crippen molar-refractivity contribution in [3.63, 3.8) is 0 Å². The molecule has 2 aromatic heterocycles. The minimum absolute atomic E-state index is 0.0586. The number of hydrogen-bond acceptors (Lipinski definition) is 7. The summed E-state index contributed by atoms with van der Waals surface area (Å²) in [7, 11) is 3.03. The van der Waals surface area contributed by atoms with Gasteiger partial charge in [0.25, 0.3) is 11.5 Å². The molecule has 3 aromatic rings. The molecule has 5 rings (SSSR count). The van der Waals surface area contributed by atoms with Gasteiger partial charge in [0.05, 0.1) is 24.5 Å². The minimum atomic E-state index is -1.39. The standard InChI is InChI=1S/C30H30Cl2N6O4/c1-38-17-34-16-22(29(38)41)27(40)37-30(13-5-7-21(26(30)32)20-6-3-4-8-23(20)31)24-11-9-18(28(36-24)42-2)14-33-15-19-10-12-25(39)35-19/h3-9,11,13,16-17,19,26,33H,10,12,14-15H2,1-2H3,(H,35,39)(H,37,40)/t19?,26-,30?/m0/s1. The Labute approximate surface area is 252 Å². The number of hydrogen-bond donors (Lipinski definition) is 3. The van der Waals surface area contributed by atoms with E-state index in [0.717, 1.165) is 12.0 Å². The number of carbonyl (C=O) groups excluding carboxylic acids is 2. The number of allylic oxidation sites excluding steroid dienone is 2. The van der Waals surface area contributed by atoms with E-state index in [-0.39, 0.29) is 17.5 Å². The number of nitrogens with one attached hydrogen (secondary N) is 3. The van der Waals surface area contributed by atoms with E-state index in [9.17, 15) is 14.4 Å². The van der Waals surface area contributed by atoms with Gasteiger partial charge in [-0.25, -0.2) is 9.97 Å². The van der Waals surface area contributed by atoms with E-state index in [2.05, 4.69) is 20.9 Å². The summed E-state index contributed by atoms with van der Waals surface area (Å²) in [5.41, 5.74) is 0.500. The van der Waals surface area contributed by atoms with Crippen LogP contribution in [-0.2, 0) is 23.9 Å². The third-order valence-electron chi connectivity index (χ3n) is 7.40. The number of carbonyl (C=O) groups is 2. The highest BCUT2D eigenvalue weighted by Crippen LogP contribution is 2.43. The lowest BCUT2D eigenvalue weighted by Gasteiger charge is -2.39. The first-order valence-corrected chi connectivity index (χ1v) is 14.2. The first-order chi connectivity index (χ1) is 20.2. The van der Waals surface area contributed by atoms with Gasteiger partial charge in [-0.05, 0) is 29.7 Å². The Morgan fingerprint density at radius 3 is 2.79 bits per heavy atom. The summed E-state index contributed by atoms with van der Waals surface area (Å²) in [5, 5.41) is 8.89. The molecule has 0 saturated carbocycles. The summed E-state index contributed by atoms with van der Waals surface area (Å²) in [6.07, 6.45) is 9.23. The van der Waals surface area contributed by atoms with Gasteiger partial charge in [-0.15, -0.1) is 11.6 Å². The smallest absolute Gasteiger partial charge is 0.265 e. The molecule has 1 aromatic carbocycles. The Balaban J connectivity index is 1.51. The topological polar surface area (TPSA) is 127 Å². The van der Waals surface area contributed by atoms with Gasteiger partial charge in [-0.2, -0.15) is 0 Å². The monoisotopic (exact) mass is 608 g/mol. The predicted octanol–water partition coefficient (Wildman–Crippen LogP) is 3.09. The van der Waals surface area contributed by atoms with Gasteiger partial charge < -0.3 is 25.3 Å². The number of amides is 2. The number of ether oxygens (including phenoxy) is 1. The maximum atomic E-state index is 13.6. The van der Waals surface area contributed by atoms with Crippen molar-refractivity contribution < 1.29 is 14.3 Å². The molecule has 1 aliphatic heterocycles. The van der Waals surface area contributed by atoms with Crippen LogP contribution in [0, 0.1) is 0 Å². The van der Waals surface area contributed by atoms with Crippen LogP contribution in [0.5, 0.6) is 5.88 Å². The fourth-order valence-electron chi connectivity index (χ4n) is 5.16. The van der Waals surface area contributed by atoms with Crippen LogP contribution in [0.1, 0.15) is 40.0 Å². The molecule has 0 radical (unpaired) electrons. The fraction of sp³-hybridized carbons (Fsp3) is 0.300.